The summed E-state index contributed by atoms with van der Waals surface area (Å²) in [5, 5.41) is 15.4. The van der Waals surface area contributed by atoms with Gasteiger partial charge in [0.15, 0.2) is 0 Å². The third-order valence-corrected chi connectivity index (χ3v) is 7.79. The second-order valence-electron chi connectivity index (χ2n) is 12.4. The highest BCUT2D eigenvalue weighted by atomic mass is 16.6. The minimum absolute atomic E-state index is 0.160. The lowest BCUT2D eigenvalue weighted by atomic mass is 9.92. The number of pyridine rings is 2. The SMILES string of the molecule is CC(C)(C)OC(=O)CCCc1cncc(-c2cccc3c(-c4ccc(C(N)=O)c(NC5CCC(O)CC5)c4)nccc23)c1. The number of amides is 1. The maximum atomic E-state index is 12.3. The Bertz CT molecular complexity index is 1620. The number of nitrogens with two attached hydrogens (primary N) is 1. The highest BCUT2D eigenvalue weighted by molar-refractivity contribution is 6.04. The van der Waals surface area contributed by atoms with Crippen LogP contribution in [0.5, 0.6) is 0 Å². The zero-order chi connectivity index (χ0) is 30.6. The Hall–Kier alpha value is -4.30. The Kier molecular flexibility index (Phi) is 9.06. The van der Waals surface area contributed by atoms with E-state index in [2.05, 4.69) is 28.5 Å². The first-order valence-corrected chi connectivity index (χ1v) is 15.0. The fourth-order valence-corrected chi connectivity index (χ4v) is 5.76. The zero-order valence-electron chi connectivity index (χ0n) is 25.1. The predicted molar refractivity (Wildman–Crippen MR) is 170 cm³/mol. The van der Waals surface area contributed by atoms with Gasteiger partial charge in [0.1, 0.15) is 5.60 Å². The number of rotatable bonds is 9. The molecule has 224 valence electrons. The van der Waals surface area contributed by atoms with Crippen molar-refractivity contribution in [1.29, 1.82) is 0 Å². The second kappa shape index (κ2) is 12.9. The maximum absolute atomic E-state index is 12.3. The summed E-state index contributed by atoms with van der Waals surface area (Å²) in [5.74, 6) is -0.679. The van der Waals surface area contributed by atoms with Gasteiger partial charge in [0.2, 0.25) is 0 Å². The van der Waals surface area contributed by atoms with Crippen molar-refractivity contribution in [2.75, 3.05) is 5.32 Å². The number of benzene rings is 2. The second-order valence-corrected chi connectivity index (χ2v) is 12.4. The van der Waals surface area contributed by atoms with E-state index in [9.17, 15) is 14.7 Å². The van der Waals surface area contributed by atoms with Crippen LogP contribution in [0.4, 0.5) is 5.69 Å². The summed E-state index contributed by atoms with van der Waals surface area (Å²) in [7, 11) is 0. The Labute approximate surface area is 252 Å². The molecule has 2 heterocycles. The fraction of sp³-hybridized carbons (Fsp3) is 0.371. The number of aliphatic hydroxyl groups is 1. The molecule has 5 rings (SSSR count). The number of aromatic nitrogens is 2. The van der Waals surface area contributed by atoms with E-state index in [1.807, 2.05) is 57.4 Å². The molecule has 0 radical (unpaired) electrons. The fourth-order valence-electron chi connectivity index (χ4n) is 5.76. The monoisotopic (exact) mass is 580 g/mol. The van der Waals surface area contributed by atoms with Gasteiger partial charge in [0, 0.05) is 53.3 Å². The van der Waals surface area contributed by atoms with Gasteiger partial charge in [-0.25, -0.2) is 0 Å². The Morgan fingerprint density at radius 3 is 2.53 bits per heavy atom. The molecule has 0 atom stereocenters. The molecule has 1 aliphatic rings. The molecule has 8 nitrogen and oxygen atoms in total. The topological polar surface area (TPSA) is 127 Å². The molecule has 1 amide bonds. The summed E-state index contributed by atoms with van der Waals surface area (Å²) in [6.45, 7) is 5.62. The largest absolute Gasteiger partial charge is 0.460 e. The van der Waals surface area contributed by atoms with E-state index in [4.69, 9.17) is 15.5 Å². The summed E-state index contributed by atoms with van der Waals surface area (Å²) in [5.41, 5.74) is 11.1. The highest BCUT2D eigenvalue weighted by Gasteiger charge is 2.22. The first-order chi connectivity index (χ1) is 20.6. The minimum atomic E-state index is -0.489. The quantitative estimate of drug-likeness (QED) is 0.194. The number of primary amides is 1. The number of hydrogen-bond acceptors (Lipinski definition) is 7. The number of aryl methyl sites for hydroxylation is 1. The molecular weight excluding hydrogens is 540 g/mol. The molecule has 0 unspecified atom stereocenters. The van der Waals surface area contributed by atoms with Gasteiger partial charge in [0.05, 0.1) is 17.4 Å². The van der Waals surface area contributed by atoms with Crippen LogP contribution < -0.4 is 11.1 Å². The lowest BCUT2D eigenvalue weighted by molar-refractivity contribution is -0.154. The lowest BCUT2D eigenvalue weighted by Gasteiger charge is -2.28. The average molecular weight is 581 g/mol. The Balaban J connectivity index is 1.42. The van der Waals surface area contributed by atoms with E-state index in [1.54, 1.807) is 12.3 Å². The standard InChI is InChI=1S/C35H40N4O4/c1-35(2,3)43-32(41)9-4-6-22-18-24(21-37-20-22)27-7-5-8-29-28(27)16-17-38-33(29)23-10-15-30(34(36)42)31(19-23)39-25-11-13-26(40)14-12-25/h5,7-8,10,15-21,25-26,39-40H,4,6,9,11-14H2,1-3H3,(H2,36,42). The number of carbonyl (C=O) groups excluding carboxylic acids is 2. The van der Waals surface area contributed by atoms with Crippen molar-refractivity contribution in [3.05, 3.63) is 78.2 Å². The average Bonchev–Trinajstić information content (AvgIpc) is 2.97. The van der Waals surface area contributed by atoms with Crippen LogP contribution in [-0.2, 0) is 16.0 Å². The van der Waals surface area contributed by atoms with Gasteiger partial charge in [-0.05, 0) is 100 Å². The van der Waals surface area contributed by atoms with Crippen molar-refractivity contribution in [2.24, 2.45) is 5.73 Å². The van der Waals surface area contributed by atoms with Crippen LogP contribution in [0, 0.1) is 0 Å². The highest BCUT2D eigenvalue weighted by Crippen LogP contribution is 2.35. The van der Waals surface area contributed by atoms with Crippen molar-refractivity contribution < 1.29 is 19.4 Å². The number of anilines is 1. The van der Waals surface area contributed by atoms with Gasteiger partial charge >= 0.3 is 5.97 Å². The van der Waals surface area contributed by atoms with Crippen molar-refractivity contribution in [3.8, 4) is 22.4 Å². The molecule has 8 heteroatoms. The molecule has 43 heavy (non-hydrogen) atoms. The van der Waals surface area contributed by atoms with E-state index < -0.39 is 11.5 Å². The number of esters is 1. The molecule has 0 bridgehead atoms. The summed E-state index contributed by atoms with van der Waals surface area (Å²) in [4.78, 5) is 33.6. The first-order valence-electron chi connectivity index (χ1n) is 15.0. The van der Waals surface area contributed by atoms with Gasteiger partial charge < -0.3 is 20.9 Å². The molecule has 2 aromatic heterocycles. The van der Waals surface area contributed by atoms with Gasteiger partial charge in [0.25, 0.3) is 5.91 Å². The molecule has 1 saturated carbocycles. The van der Waals surface area contributed by atoms with Crippen molar-refractivity contribution >= 4 is 28.3 Å². The van der Waals surface area contributed by atoms with Crippen molar-refractivity contribution in [2.45, 2.75) is 83.5 Å². The van der Waals surface area contributed by atoms with E-state index in [-0.39, 0.29) is 18.1 Å². The Morgan fingerprint density at radius 1 is 1.00 bits per heavy atom. The van der Waals surface area contributed by atoms with Gasteiger partial charge in [-0.15, -0.1) is 0 Å². The van der Waals surface area contributed by atoms with Crippen LogP contribution in [0.15, 0.2) is 67.1 Å². The van der Waals surface area contributed by atoms with E-state index in [0.29, 0.717) is 24.1 Å². The third-order valence-electron chi connectivity index (χ3n) is 7.79. The molecule has 2 aromatic carbocycles. The van der Waals surface area contributed by atoms with E-state index >= 15 is 0 Å². The van der Waals surface area contributed by atoms with Crippen LogP contribution in [-0.4, -0.2) is 44.7 Å². The number of fused-ring (bicyclic) bond motifs is 1. The number of nitrogens with zero attached hydrogens (tertiary/aromatic N) is 2. The van der Waals surface area contributed by atoms with Crippen LogP contribution in [0.1, 0.15) is 75.2 Å². The summed E-state index contributed by atoms with van der Waals surface area (Å²) >= 11 is 0. The molecule has 1 aliphatic carbocycles. The smallest absolute Gasteiger partial charge is 0.306 e. The van der Waals surface area contributed by atoms with E-state index in [0.717, 1.165) is 70.8 Å². The summed E-state index contributed by atoms with van der Waals surface area (Å²) in [6.07, 6.45) is 10.1. The molecule has 1 fully saturated rings. The number of aliphatic hydroxyl groups excluding tert-OH is 1. The number of nitrogens with one attached hydrogen (secondary N) is 1. The Morgan fingerprint density at radius 2 is 1.79 bits per heavy atom. The number of hydrogen-bond donors (Lipinski definition) is 3. The third kappa shape index (κ3) is 7.56. The molecule has 4 N–H and O–H groups in total. The van der Waals surface area contributed by atoms with Gasteiger partial charge in [-0.2, -0.15) is 0 Å². The summed E-state index contributed by atoms with van der Waals surface area (Å²) in [6, 6.07) is 16.0. The molecule has 0 saturated heterocycles. The zero-order valence-corrected chi connectivity index (χ0v) is 25.1. The number of carbonyl (C=O) groups is 2. The maximum Gasteiger partial charge on any atom is 0.306 e. The number of ether oxygens (including phenoxy) is 1. The summed E-state index contributed by atoms with van der Waals surface area (Å²) < 4.78 is 5.44. The van der Waals surface area contributed by atoms with Crippen LogP contribution in [0.3, 0.4) is 0 Å². The van der Waals surface area contributed by atoms with Crippen LogP contribution >= 0.6 is 0 Å². The molecule has 4 aromatic rings. The van der Waals surface area contributed by atoms with Crippen molar-refractivity contribution in [3.63, 3.8) is 0 Å². The molecular formula is C35H40N4O4. The normalized spacial score (nSPS) is 17.0. The van der Waals surface area contributed by atoms with Crippen molar-refractivity contribution in [1.82, 2.24) is 9.97 Å². The van der Waals surface area contributed by atoms with Crippen LogP contribution in [0.25, 0.3) is 33.2 Å². The van der Waals surface area contributed by atoms with Gasteiger partial charge in [-0.3, -0.25) is 19.6 Å². The molecule has 0 aliphatic heterocycles. The van der Waals surface area contributed by atoms with Crippen LogP contribution in [0.2, 0.25) is 0 Å². The van der Waals surface area contributed by atoms with Gasteiger partial charge in [-0.1, -0.05) is 24.3 Å². The first kappa shape index (κ1) is 30.2. The molecule has 0 spiro atoms. The lowest BCUT2D eigenvalue weighted by Crippen LogP contribution is -2.29. The minimum Gasteiger partial charge on any atom is -0.460 e. The van der Waals surface area contributed by atoms with E-state index in [1.165, 1.54) is 0 Å². The predicted octanol–water partition coefficient (Wildman–Crippen LogP) is 6.44.